The quantitative estimate of drug-likeness (QED) is 0.816. The number of rotatable bonds is 4. The van der Waals surface area contributed by atoms with E-state index in [1.54, 1.807) is 0 Å². The van der Waals surface area contributed by atoms with Crippen molar-refractivity contribution in [1.82, 2.24) is 10.2 Å². The summed E-state index contributed by atoms with van der Waals surface area (Å²) in [5.41, 5.74) is 0.993. The van der Waals surface area contributed by atoms with Gasteiger partial charge in [0, 0.05) is 48.7 Å². The molecule has 1 aromatic rings. The van der Waals surface area contributed by atoms with Gasteiger partial charge in [-0.15, -0.1) is 12.4 Å². The van der Waals surface area contributed by atoms with Gasteiger partial charge in [-0.25, -0.2) is 0 Å². The van der Waals surface area contributed by atoms with Crippen molar-refractivity contribution in [2.45, 2.75) is 19.9 Å². The first-order chi connectivity index (χ1) is 9.45. The normalized spacial score (nSPS) is 18.1. The van der Waals surface area contributed by atoms with E-state index >= 15 is 0 Å². The standard InChI is InChI=1S/C15H22BrClN2O.ClH/c1-15(2,10-20)14(19-7-5-18-6-8-19)11-3-4-13(17)12(16)9-11;/h3-4,9,14,18,20H,5-8,10H2,1-2H3;1H/t14-;/m1./s1. The van der Waals surface area contributed by atoms with Crippen molar-refractivity contribution in [3.63, 3.8) is 0 Å². The molecular formula is C15H23BrCl2N2O. The average Bonchev–Trinajstić information content (AvgIpc) is 2.44. The first kappa shape index (κ1) is 19.2. The molecular weight excluding hydrogens is 375 g/mol. The number of benzene rings is 1. The van der Waals surface area contributed by atoms with Crippen molar-refractivity contribution in [3.05, 3.63) is 33.3 Å². The summed E-state index contributed by atoms with van der Waals surface area (Å²) in [4.78, 5) is 2.45. The third kappa shape index (κ3) is 4.57. The highest BCUT2D eigenvalue weighted by Gasteiger charge is 2.35. The van der Waals surface area contributed by atoms with E-state index in [1.165, 1.54) is 5.56 Å². The molecule has 0 aliphatic carbocycles. The van der Waals surface area contributed by atoms with Crippen LogP contribution in [0, 0.1) is 5.41 Å². The van der Waals surface area contributed by atoms with Crippen LogP contribution in [0.25, 0.3) is 0 Å². The second-order valence-corrected chi connectivity index (χ2v) is 7.27. The molecule has 0 amide bonds. The van der Waals surface area contributed by atoms with Crippen LogP contribution >= 0.6 is 39.9 Å². The van der Waals surface area contributed by atoms with Crippen LogP contribution in [0.3, 0.4) is 0 Å². The minimum Gasteiger partial charge on any atom is -0.396 e. The number of nitrogens with one attached hydrogen (secondary N) is 1. The predicted octanol–water partition coefficient (Wildman–Crippen LogP) is 3.49. The molecule has 1 heterocycles. The zero-order valence-corrected chi connectivity index (χ0v) is 15.6. The fraction of sp³-hybridized carbons (Fsp3) is 0.600. The lowest BCUT2D eigenvalue weighted by Crippen LogP contribution is -2.49. The molecule has 1 aliphatic rings. The minimum absolute atomic E-state index is 0. The van der Waals surface area contributed by atoms with E-state index in [4.69, 9.17) is 11.6 Å². The number of nitrogens with zero attached hydrogens (tertiary/aromatic N) is 1. The first-order valence-corrected chi connectivity index (χ1v) is 8.13. The highest BCUT2D eigenvalue weighted by atomic mass is 79.9. The van der Waals surface area contributed by atoms with Gasteiger partial charge in [0.2, 0.25) is 0 Å². The fourth-order valence-corrected chi connectivity index (χ4v) is 3.38. The average molecular weight is 398 g/mol. The smallest absolute Gasteiger partial charge is 0.0548 e. The van der Waals surface area contributed by atoms with E-state index in [1.807, 2.05) is 6.07 Å². The molecule has 1 aromatic carbocycles. The van der Waals surface area contributed by atoms with Crippen molar-refractivity contribution in [3.8, 4) is 0 Å². The predicted molar refractivity (Wildman–Crippen MR) is 94.5 cm³/mol. The molecule has 0 saturated carbocycles. The van der Waals surface area contributed by atoms with Gasteiger partial charge >= 0.3 is 0 Å². The second kappa shape index (κ2) is 8.14. The van der Waals surface area contributed by atoms with Crippen molar-refractivity contribution < 1.29 is 5.11 Å². The number of piperazine rings is 1. The molecule has 120 valence electrons. The van der Waals surface area contributed by atoms with Crippen LogP contribution < -0.4 is 5.32 Å². The summed E-state index contributed by atoms with van der Waals surface area (Å²) < 4.78 is 0.908. The van der Waals surface area contributed by atoms with Gasteiger partial charge in [-0.1, -0.05) is 31.5 Å². The number of aliphatic hydroxyl groups is 1. The molecule has 6 heteroatoms. The zero-order valence-electron chi connectivity index (χ0n) is 12.4. The molecule has 0 radical (unpaired) electrons. The summed E-state index contributed by atoms with van der Waals surface area (Å²) in [5.74, 6) is 0. The van der Waals surface area contributed by atoms with Gasteiger partial charge in [-0.05, 0) is 33.6 Å². The molecule has 0 spiro atoms. The number of hydrogen-bond acceptors (Lipinski definition) is 3. The summed E-state index contributed by atoms with van der Waals surface area (Å²) in [7, 11) is 0. The Morgan fingerprint density at radius 3 is 2.52 bits per heavy atom. The van der Waals surface area contributed by atoms with Crippen molar-refractivity contribution in [1.29, 1.82) is 0 Å². The first-order valence-electron chi connectivity index (χ1n) is 6.96. The van der Waals surface area contributed by atoms with Crippen molar-refractivity contribution in [2.75, 3.05) is 32.8 Å². The van der Waals surface area contributed by atoms with E-state index in [0.29, 0.717) is 0 Å². The molecule has 0 bridgehead atoms. The minimum atomic E-state index is -0.204. The monoisotopic (exact) mass is 396 g/mol. The van der Waals surface area contributed by atoms with Gasteiger partial charge in [-0.3, -0.25) is 4.90 Å². The molecule has 21 heavy (non-hydrogen) atoms. The second-order valence-electron chi connectivity index (χ2n) is 6.01. The van der Waals surface area contributed by atoms with Gasteiger partial charge < -0.3 is 10.4 Å². The molecule has 2 rings (SSSR count). The van der Waals surface area contributed by atoms with E-state index < -0.39 is 0 Å². The highest BCUT2D eigenvalue weighted by Crippen LogP contribution is 2.40. The molecule has 1 saturated heterocycles. The third-order valence-corrected chi connectivity index (χ3v) is 5.14. The Morgan fingerprint density at radius 1 is 1.38 bits per heavy atom. The Kier molecular flexibility index (Phi) is 7.44. The summed E-state index contributed by atoms with van der Waals surface area (Å²) in [6.07, 6.45) is 0. The molecule has 0 unspecified atom stereocenters. The van der Waals surface area contributed by atoms with Gasteiger partial charge in [-0.2, -0.15) is 0 Å². The summed E-state index contributed by atoms with van der Waals surface area (Å²) in [6, 6.07) is 6.25. The molecule has 0 aromatic heterocycles. The Hall–Kier alpha value is 0.160. The Morgan fingerprint density at radius 2 is 2.00 bits per heavy atom. The lowest BCUT2D eigenvalue weighted by molar-refractivity contribution is 0.0305. The van der Waals surface area contributed by atoms with E-state index in [0.717, 1.165) is 35.7 Å². The Labute approximate surface area is 146 Å². The maximum atomic E-state index is 9.80. The van der Waals surface area contributed by atoms with Crippen LogP contribution in [-0.2, 0) is 0 Å². The van der Waals surface area contributed by atoms with Gasteiger partial charge in [0.15, 0.2) is 0 Å². The number of hydrogen-bond donors (Lipinski definition) is 2. The zero-order chi connectivity index (χ0) is 14.8. The lowest BCUT2D eigenvalue weighted by atomic mass is 9.80. The van der Waals surface area contributed by atoms with Gasteiger partial charge in [0.25, 0.3) is 0 Å². The van der Waals surface area contributed by atoms with Crippen molar-refractivity contribution >= 4 is 39.9 Å². The molecule has 1 aliphatic heterocycles. The Bertz CT molecular complexity index is 465. The third-order valence-electron chi connectivity index (χ3n) is 3.92. The van der Waals surface area contributed by atoms with Crippen LogP contribution in [0.5, 0.6) is 0 Å². The van der Waals surface area contributed by atoms with Crippen molar-refractivity contribution in [2.24, 2.45) is 5.41 Å². The number of halogens is 3. The molecule has 2 N–H and O–H groups in total. The molecule has 1 atom stereocenters. The fourth-order valence-electron chi connectivity index (χ4n) is 2.87. The van der Waals surface area contributed by atoms with Crippen LogP contribution in [0.4, 0.5) is 0 Å². The van der Waals surface area contributed by atoms with Gasteiger partial charge in [0.1, 0.15) is 0 Å². The summed E-state index contributed by atoms with van der Waals surface area (Å²) in [6.45, 7) is 8.36. The molecule has 1 fully saturated rings. The highest BCUT2D eigenvalue weighted by molar-refractivity contribution is 9.10. The van der Waals surface area contributed by atoms with E-state index in [-0.39, 0.29) is 30.5 Å². The maximum absolute atomic E-state index is 9.80. The van der Waals surface area contributed by atoms with Crippen LogP contribution in [0.2, 0.25) is 5.02 Å². The van der Waals surface area contributed by atoms with E-state index in [2.05, 4.69) is 52.1 Å². The summed E-state index contributed by atoms with van der Waals surface area (Å²) >= 11 is 9.60. The largest absolute Gasteiger partial charge is 0.396 e. The van der Waals surface area contributed by atoms with Gasteiger partial charge in [0.05, 0.1) is 5.02 Å². The lowest BCUT2D eigenvalue weighted by Gasteiger charge is -2.43. The number of aliphatic hydroxyl groups excluding tert-OH is 1. The van der Waals surface area contributed by atoms with E-state index in [9.17, 15) is 5.11 Å². The molecule has 3 nitrogen and oxygen atoms in total. The topological polar surface area (TPSA) is 35.5 Å². The summed E-state index contributed by atoms with van der Waals surface area (Å²) in [5, 5.41) is 13.9. The maximum Gasteiger partial charge on any atom is 0.0548 e. The Balaban J connectivity index is 0.00000220. The van der Waals surface area contributed by atoms with Crippen LogP contribution in [-0.4, -0.2) is 42.8 Å². The van der Waals surface area contributed by atoms with Crippen LogP contribution in [0.1, 0.15) is 25.5 Å². The van der Waals surface area contributed by atoms with Crippen LogP contribution in [0.15, 0.2) is 22.7 Å². The SMILES string of the molecule is CC(C)(CO)[C@@H](c1ccc(Cl)c(Br)c1)N1CCNCC1.Cl.